The number of guanidine groups is 1. The topological polar surface area (TPSA) is 263 Å². The highest BCUT2D eigenvalue weighted by atomic mass is 16.6. The number of esters is 4. The number of rotatable bonds is 26. The number of para-hydroxylation sites is 2. The highest BCUT2D eigenvalue weighted by molar-refractivity contribution is 6.03. The van der Waals surface area contributed by atoms with E-state index in [-0.39, 0.29) is 29.0 Å². The van der Waals surface area contributed by atoms with Crippen molar-refractivity contribution in [2.75, 3.05) is 20.7 Å². The first-order chi connectivity index (χ1) is 31.3. The van der Waals surface area contributed by atoms with Crippen LogP contribution in [0.15, 0.2) is 114 Å². The van der Waals surface area contributed by atoms with E-state index in [1.807, 2.05) is 12.2 Å². The van der Waals surface area contributed by atoms with Crippen molar-refractivity contribution in [3.63, 3.8) is 0 Å². The number of aliphatic imine (C=N–C) groups is 1. The van der Waals surface area contributed by atoms with Crippen LogP contribution >= 0.6 is 0 Å². The molecule has 0 bridgehead atoms. The SMILES string of the molecule is CC/C=C\C/C=C\C/C=C\C/C=C\C/C=C\CCCC(=O)OCC(C)(C)[C@@H](OC(=O)c1ccccc1OC(=O)c1ccccc1OC(C)=O)C(=O)NC(N)(CC(=O)O)C(N)=NC(=N)N(C)C. The molecule has 356 valence electrons. The summed E-state index contributed by atoms with van der Waals surface area (Å²) >= 11 is 0. The molecule has 1 unspecified atom stereocenters. The van der Waals surface area contributed by atoms with E-state index in [0.717, 1.165) is 39.0 Å². The van der Waals surface area contributed by atoms with E-state index in [4.69, 9.17) is 35.8 Å². The van der Waals surface area contributed by atoms with E-state index in [9.17, 15) is 33.9 Å². The fraction of sp³-hybridized carbons (Fsp3) is 0.388. The number of aliphatic carboxylic acids is 1. The minimum absolute atomic E-state index is 0.0374. The number of nitrogens with one attached hydrogen (secondary N) is 2. The number of hydrogen-bond acceptors (Lipinski definition) is 12. The van der Waals surface area contributed by atoms with Crippen molar-refractivity contribution < 1.29 is 52.8 Å². The van der Waals surface area contributed by atoms with Gasteiger partial charge in [-0.2, -0.15) is 4.99 Å². The molecule has 0 spiro atoms. The lowest BCUT2D eigenvalue weighted by molar-refractivity contribution is -0.154. The second-order valence-electron chi connectivity index (χ2n) is 15.8. The summed E-state index contributed by atoms with van der Waals surface area (Å²) in [5.74, 6) is -7.56. The molecule has 2 aromatic carbocycles. The van der Waals surface area contributed by atoms with E-state index < -0.39 is 77.8 Å². The molecule has 2 aromatic rings. The average molecular weight is 913 g/mol. The molecule has 0 saturated heterocycles. The Kier molecular flexibility index (Phi) is 23.8. The summed E-state index contributed by atoms with van der Waals surface area (Å²) in [6.45, 7) is 5.72. The highest BCUT2D eigenvalue weighted by Gasteiger charge is 2.45. The number of amidine groups is 1. The van der Waals surface area contributed by atoms with Crippen LogP contribution in [0.2, 0.25) is 0 Å². The Labute approximate surface area is 386 Å². The maximum atomic E-state index is 14.2. The van der Waals surface area contributed by atoms with Crippen LogP contribution in [0.4, 0.5) is 0 Å². The van der Waals surface area contributed by atoms with Gasteiger partial charge in [0, 0.05) is 32.9 Å². The van der Waals surface area contributed by atoms with E-state index in [1.54, 1.807) is 0 Å². The molecule has 66 heavy (non-hydrogen) atoms. The summed E-state index contributed by atoms with van der Waals surface area (Å²) in [7, 11) is 2.95. The zero-order valence-corrected chi connectivity index (χ0v) is 38.6. The second kappa shape index (κ2) is 28.6. The zero-order valence-electron chi connectivity index (χ0n) is 38.6. The van der Waals surface area contributed by atoms with Gasteiger partial charge in [0.15, 0.2) is 11.8 Å². The van der Waals surface area contributed by atoms with Crippen LogP contribution < -0.4 is 26.3 Å². The van der Waals surface area contributed by atoms with Gasteiger partial charge in [0.25, 0.3) is 5.91 Å². The number of hydrogen-bond donors (Lipinski definition) is 5. The van der Waals surface area contributed by atoms with Crippen LogP contribution in [0.3, 0.4) is 0 Å². The first-order valence-corrected chi connectivity index (χ1v) is 21.4. The van der Waals surface area contributed by atoms with Crippen LogP contribution in [-0.2, 0) is 28.7 Å². The predicted octanol–water partition coefficient (Wildman–Crippen LogP) is 6.95. The lowest BCUT2D eigenvalue weighted by Crippen LogP contribution is -2.68. The minimum atomic E-state index is -2.41. The van der Waals surface area contributed by atoms with Gasteiger partial charge in [0.1, 0.15) is 35.1 Å². The summed E-state index contributed by atoms with van der Waals surface area (Å²) in [5.41, 5.74) is 8.06. The standard InChI is InChI=1S/C49H64N6O11/c1-7-8-9-10-11-12-13-14-15-16-17-18-19-20-21-22-23-32-41(59)63-34-48(3,4)42(43(60)54-49(52,33-40(57)58)46(50)53-47(51)55(5)6)66-45(62)37-29-25-27-31-39(37)65-44(61)36-28-24-26-30-38(36)64-35(2)56/h8-9,11-12,14-15,17-18,20-21,24-31,42H,7,10,13,16,19,22-23,32-34,52H2,1-6H3,(H,54,60)(H,57,58)(H3,50,51,53)/b9-8-,12-11-,15-14-,18-17-,21-20-/t42-,49?/m0/s1. The number of unbranched alkanes of at least 4 members (excludes halogenated alkanes) is 1. The molecule has 0 aromatic heterocycles. The number of ether oxygens (including phenoxy) is 4. The van der Waals surface area contributed by atoms with Gasteiger partial charge in [0.05, 0.1) is 6.42 Å². The molecule has 0 saturated carbocycles. The number of allylic oxidation sites excluding steroid dienone is 10. The molecule has 0 aliphatic rings. The Morgan fingerprint density at radius 3 is 1.82 bits per heavy atom. The summed E-state index contributed by atoms with van der Waals surface area (Å²) in [5, 5.41) is 20.1. The Morgan fingerprint density at radius 2 is 1.30 bits per heavy atom. The molecule has 0 aliphatic carbocycles. The number of carbonyl (C=O) groups is 6. The summed E-state index contributed by atoms with van der Waals surface area (Å²) < 4.78 is 22.0. The third-order valence-corrected chi connectivity index (χ3v) is 9.24. The molecule has 17 nitrogen and oxygen atoms in total. The van der Waals surface area contributed by atoms with Crippen molar-refractivity contribution in [2.24, 2.45) is 21.9 Å². The van der Waals surface area contributed by atoms with Gasteiger partial charge in [-0.15, -0.1) is 0 Å². The van der Waals surface area contributed by atoms with Crippen LogP contribution in [0.1, 0.15) is 106 Å². The third kappa shape index (κ3) is 20.1. The Bertz CT molecular complexity index is 2170. The van der Waals surface area contributed by atoms with Crippen LogP contribution in [-0.4, -0.2) is 90.0 Å². The van der Waals surface area contributed by atoms with Crippen LogP contribution in [0.25, 0.3) is 0 Å². The summed E-state index contributed by atoms with van der Waals surface area (Å²) in [4.78, 5) is 83.2. The lowest BCUT2D eigenvalue weighted by Gasteiger charge is -2.36. The zero-order chi connectivity index (χ0) is 49.1. The number of amides is 1. The van der Waals surface area contributed by atoms with Gasteiger partial charge in [-0.3, -0.25) is 24.6 Å². The number of nitrogens with zero attached hydrogens (tertiary/aromatic N) is 2. The number of carboxylic acids is 1. The lowest BCUT2D eigenvalue weighted by atomic mass is 9.86. The van der Waals surface area contributed by atoms with Crippen LogP contribution in [0.5, 0.6) is 11.5 Å². The molecule has 0 fully saturated rings. The average Bonchev–Trinajstić information content (AvgIpc) is 3.25. The number of nitrogens with two attached hydrogens (primary N) is 2. The van der Waals surface area contributed by atoms with E-state index in [2.05, 4.69) is 65.8 Å². The minimum Gasteiger partial charge on any atom is -0.481 e. The molecule has 7 N–H and O–H groups in total. The van der Waals surface area contributed by atoms with Gasteiger partial charge in [-0.05, 0) is 69.2 Å². The molecule has 0 heterocycles. The molecule has 2 atom stereocenters. The third-order valence-electron chi connectivity index (χ3n) is 9.24. The first kappa shape index (κ1) is 55.0. The first-order valence-electron chi connectivity index (χ1n) is 21.4. The van der Waals surface area contributed by atoms with E-state index in [1.165, 1.54) is 81.4 Å². The molecule has 0 radical (unpaired) electrons. The van der Waals surface area contributed by atoms with Crippen molar-refractivity contribution in [1.29, 1.82) is 5.41 Å². The Morgan fingerprint density at radius 1 is 0.803 bits per heavy atom. The number of carbonyl (C=O) groups excluding carboxylic acids is 5. The summed E-state index contributed by atoms with van der Waals surface area (Å²) in [6.07, 6.45) is 23.6. The normalized spacial score (nSPS) is 13.5. The van der Waals surface area contributed by atoms with Crippen LogP contribution in [0, 0.1) is 10.8 Å². The van der Waals surface area contributed by atoms with Gasteiger partial charge in [0.2, 0.25) is 5.96 Å². The molecular weight excluding hydrogens is 849 g/mol. The van der Waals surface area contributed by atoms with Crippen molar-refractivity contribution in [2.45, 2.75) is 97.2 Å². The Hall–Kier alpha value is -7.14. The van der Waals surface area contributed by atoms with Crippen molar-refractivity contribution in [3.05, 3.63) is 120 Å². The molecule has 2 rings (SSSR count). The van der Waals surface area contributed by atoms with Gasteiger partial charge < -0.3 is 45.7 Å². The fourth-order valence-electron chi connectivity index (χ4n) is 5.68. The van der Waals surface area contributed by atoms with Crippen molar-refractivity contribution in [3.8, 4) is 11.5 Å². The van der Waals surface area contributed by atoms with Gasteiger partial charge >= 0.3 is 29.8 Å². The fourth-order valence-corrected chi connectivity index (χ4v) is 5.68. The molecular formula is C49H64N6O11. The maximum Gasteiger partial charge on any atom is 0.347 e. The molecule has 1 amide bonds. The Balaban J connectivity index is 2.24. The van der Waals surface area contributed by atoms with Crippen molar-refractivity contribution in [1.82, 2.24) is 10.2 Å². The monoisotopic (exact) mass is 912 g/mol. The van der Waals surface area contributed by atoms with Crippen molar-refractivity contribution >= 4 is 47.5 Å². The second-order valence-corrected chi connectivity index (χ2v) is 15.8. The smallest absolute Gasteiger partial charge is 0.347 e. The van der Waals surface area contributed by atoms with Gasteiger partial charge in [-0.25, -0.2) is 9.59 Å². The number of benzene rings is 2. The largest absolute Gasteiger partial charge is 0.481 e. The van der Waals surface area contributed by atoms with E-state index >= 15 is 0 Å². The predicted molar refractivity (Wildman–Crippen MR) is 252 cm³/mol. The number of carboxylic acid groups (broad SMARTS) is 1. The molecule has 17 heteroatoms. The quantitative estimate of drug-likeness (QED) is 0.0122. The van der Waals surface area contributed by atoms with Gasteiger partial charge in [-0.1, -0.05) is 106 Å². The molecule has 0 aliphatic heterocycles. The highest BCUT2D eigenvalue weighted by Crippen LogP contribution is 2.29. The maximum absolute atomic E-state index is 14.2. The summed E-state index contributed by atoms with van der Waals surface area (Å²) in [6, 6.07) is 11.2. The van der Waals surface area contributed by atoms with E-state index in [0.29, 0.717) is 12.8 Å².